The Balaban J connectivity index is 1.62. The third-order valence-electron chi connectivity index (χ3n) is 5.27. The van der Waals surface area contributed by atoms with Crippen LogP contribution in [0.1, 0.15) is 38.3 Å². The van der Waals surface area contributed by atoms with Gasteiger partial charge < -0.3 is 10.4 Å². The van der Waals surface area contributed by atoms with Crippen molar-refractivity contribution in [2.75, 3.05) is 5.32 Å². The number of alkyl halides is 6. The van der Waals surface area contributed by atoms with Gasteiger partial charge in [0.2, 0.25) is 5.88 Å². The second-order valence-corrected chi connectivity index (χ2v) is 7.70. The zero-order valence-electron chi connectivity index (χ0n) is 17.9. The van der Waals surface area contributed by atoms with Gasteiger partial charge in [0, 0.05) is 23.4 Å². The smallest absolute Gasteiger partial charge is 0.416 e. The van der Waals surface area contributed by atoms with Crippen LogP contribution in [0.3, 0.4) is 0 Å². The summed E-state index contributed by atoms with van der Waals surface area (Å²) in [6.07, 6.45) is -7.99. The number of aromatic nitrogens is 3. The maximum absolute atomic E-state index is 13.0. The summed E-state index contributed by atoms with van der Waals surface area (Å²) in [5, 5.41) is 17.1. The van der Waals surface area contributed by atoms with Crippen LogP contribution in [0.2, 0.25) is 0 Å². The highest BCUT2D eigenvalue weighted by Gasteiger charge is 2.31. The van der Waals surface area contributed by atoms with E-state index in [0.717, 1.165) is 47.1 Å². The van der Waals surface area contributed by atoms with E-state index in [-0.39, 0.29) is 40.1 Å². The molecular formula is C23H16F6N4O2. The molecule has 2 aromatic carbocycles. The van der Waals surface area contributed by atoms with E-state index in [1.54, 1.807) is 0 Å². The van der Waals surface area contributed by atoms with E-state index in [9.17, 15) is 36.2 Å². The summed E-state index contributed by atoms with van der Waals surface area (Å²) >= 11 is 0. The van der Waals surface area contributed by atoms with Crippen LogP contribution >= 0.6 is 0 Å². The number of benzene rings is 2. The first-order chi connectivity index (χ1) is 16.3. The van der Waals surface area contributed by atoms with Crippen LogP contribution in [0.4, 0.5) is 32.0 Å². The summed E-state index contributed by atoms with van der Waals surface area (Å²) in [4.78, 5) is 17.0. The number of carbonyl (C=O) groups is 1. The zero-order chi connectivity index (χ0) is 25.5. The van der Waals surface area contributed by atoms with Crippen molar-refractivity contribution in [3.05, 3.63) is 88.2 Å². The first-order valence-corrected chi connectivity index (χ1v) is 10.1. The number of carbonyl (C=O) groups excluding carboxylic acids is 1. The highest BCUT2D eigenvalue weighted by Crippen LogP contribution is 2.32. The Bertz CT molecular complexity index is 1410. The number of halogens is 6. The molecule has 0 unspecified atom stereocenters. The zero-order valence-corrected chi connectivity index (χ0v) is 17.9. The fourth-order valence-electron chi connectivity index (χ4n) is 3.49. The van der Waals surface area contributed by atoms with Gasteiger partial charge in [0.25, 0.3) is 5.91 Å². The Morgan fingerprint density at radius 1 is 1.00 bits per heavy atom. The molecule has 35 heavy (non-hydrogen) atoms. The highest BCUT2D eigenvalue weighted by molar-refractivity contribution is 6.08. The van der Waals surface area contributed by atoms with E-state index in [0.29, 0.717) is 0 Å². The second-order valence-electron chi connectivity index (χ2n) is 7.70. The van der Waals surface area contributed by atoms with E-state index < -0.39 is 35.3 Å². The van der Waals surface area contributed by atoms with Crippen LogP contribution < -0.4 is 5.32 Å². The number of hydrogen-bond acceptors (Lipinski definition) is 4. The Morgan fingerprint density at radius 2 is 1.66 bits per heavy atom. The van der Waals surface area contributed by atoms with Gasteiger partial charge in [-0.15, -0.1) is 0 Å². The lowest BCUT2D eigenvalue weighted by Gasteiger charge is -2.12. The lowest BCUT2D eigenvalue weighted by Crippen LogP contribution is -2.13. The second kappa shape index (κ2) is 8.60. The standard InChI is InChI=1S/C23H16F6N4O2/c1-12-17(10-13-3-2-4-15(9-13)23(27,28)29)21(35)33-19(31-12)18(11-30-33)20(34)32-16-7-5-14(6-8-16)22(24,25)26/h2-9,11,35H,10H2,1H3,(H,32,34). The molecule has 6 nitrogen and oxygen atoms in total. The maximum atomic E-state index is 13.0. The van der Waals surface area contributed by atoms with Gasteiger partial charge in [-0.2, -0.15) is 36.0 Å². The molecule has 0 fully saturated rings. The number of fused-ring (bicyclic) bond motifs is 1. The normalized spacial score (nSPS) is 12.2. The summed E-state index contributed by atoms with van der Waals surface area (Å²) in [5.41, 5.74) is -0.932. The van der Waals surface area contributed by atoms with Crippen molar-refractivity contribution in [2.24, 2.45) is 0 Å². The molecule has 4 aromatic rings. The van der Waals surface area contributed by atoms with E-state index in [4.69, 9.17) is 0 Å². The van der Waals surface area contributed by atoms with Gasteiger partial charge in [-0.25, -0.2) is 4.98 Å². The number of aromatic hydroxyl groups is 1. The van der Waals surface area contributed by atoms with E-state index in [1.165, 1.54) is 19.1 Å². The molecule has 0 bridgehead atoms. The molecule has 0 radical (unpaired) electrons. The average molecular weight is 494 g/mol. The molecule has 0 saturated carbocycles. The molecule has 2 aromatic heterocycles. The highest BCUT2D eigenvalue weighted by atomic mass is 19.4. The van der Waals surface area contributed by atoms with Gasteiger partial charge in [-0.3, -0.25) is 4.79 Å². The molecule has 0 atom stereocenters. The van der Waals surface area contributed by atoms with Crippen molar-refractivity contribution in [3.63, 3.8) is 0 Å². The molecule has 0 aliphatic rings. The molecule has 0 aliphatic heterocycles. The number of nitrogens with one attached hydrogen (secondary N) is 1. The van der Waals surface area contributed by atoms with Gasteiger partial charge in [0.15, 0.2) is 5.65 Å². The first kappa shape index (κ1) is 24.0. The number of anilines is 1. The Labute approximate surface area is 193 Å². The van der Waals surface area contributed by atoms with Crippen molar-refractivity contribution >= 4 is 17.2 Å². The number of hydrogen-bond donors (Lipinski definition) is 2. The molecule has 0 aliphatic carbocycles. The quantitative estimate of drug-likeness (QED) is 0.361. The topological polar surface area (TPSA) is 79.5 Å². The summed E-state index contributed by atoms with van der Waals surface area (Å²) in [6.45, 7) is 1.52. The van der Waals surface area contributed by atoms with Crippen LogP contribution in [0.5, 0.6) is 5.88 Å². The largest absolute Gasteiger partial charge is 0.493 e. The fraction of sp³-hybridized carbons (Fsp3) is 0.174. The van der Waals surface area contributed by atoms with Crippen molar-refractivity contribution in [2.45, 2.75) is 25.7 Å². The van der Waals surface area contributed by atoms with Crippen LogP contribution in [0.15, 0.2) is 54.7 Å². The van der Waals surface area contributed by atoms with Crippen LogP contribution in [0.25, 0.3) is 5.65 Å². The van der Waals surface area contributed by atoms with E-state index >= 15 is 0 Å². The minimum Gasteiger partial charge on any atom is -0.493 e. The summed E-state index contributed by atoms with van der Waals surface area (Å²) < 4.78 is 78.2. The van der Waals surface area contributed by atoms with Gasteiger partial charge in [-0.05, 0) is 42.8 Å². The Hall–Kier alpha value is -4.09. The molecule has 2 N–H and O–H groups in total. The number of nitrogens with zero attached hydrogens (tertiary/aromatic N) is 3. The van der Waals surface area contributed by atoms with Crippen molar-refractivity contribution in [1.82, 2.24) is 14.6 Å². The summed E-state index contributed by atoms with van der Waals surface area (Å²) in [7, 11) is 0. The van der Waals surface area contributed by atoms with Crippen LogP contribution in [-0.2, 0) is 18.8 Å². The molecule has 1 amide bonds. The Morgan fingerprint density at radius 3 is 2.29 bits per heavy atom. The molecule has 12 heteroatoms. The molecule has 182 valence electrons. The van der Waals surface area contributed by atoms with Crippen molar-refractivity contribution in [3.8, 4) is 5.88 Å². The fourth-order valence-corrected chi connectivity index (χ4v) is 3.49. The predicted octanol–water partition coefficient (Wildman–Crippen LogP) is 5.62. The molecule has 2 heterocycles. The van der Waals surface area contributed by atoms with E-state index in [2.05, 4.69) is 15.4 Å². The minimum absolute atomic E-state index is 0.0304. The molecule has 0 saturated heterocycles. The summed E-state index contributed by atoms with van der Waals surface area (Å²) in [6, 6.07) is 8.46. The number of amides is 1. The van der Waals surface area contributed by atoms with Gasteiger partial charge in [-0.1, -0.05) is 18.2 Å². The van der Waals surface area contributed by atoms with Gasteiger partial charge in [0.1, 0.15) is 5.56 Å². The lowest BCUT2D eigenvalue weighted by molar-refractivity contribution is -0.138. The summed E-state index contributed by atoms with van der Waals surface area (Å²) in [5.74, 6) is -1.13. The predicted molar refractivity (Wildman–Crippen MR) is 113 cm³/mol. The van der Waals surface area contributed by atoms with Crippen molar-refractivity contribution < 1.29 is 36.2 Å². The minimum atomic E-state index is -4.52. The maximum Gasteiger partial charge on any atom is 0.416 e. The van der Waals surface area contributed by atoms with Crippen LogP contribution in [0, 0.1) is 6.92 Å². The van der Waals surface area contributed by atoms with E-state index in [1.807, 2.05) is 0 Å². The monoisotopic (exact) mass is 494 g/mol. The molecular weight excluding hydrogens is 478 g/mol. The Kier molecular flexibility index (Phi) is 5.91. The molecule has 0 spiro atoms. The van der Waals surface area contributed by atoms with Gasteiger partial charge in [0.05, 0.1) is 17.3 Å². The third-order valence-corrected chi connectivity index (χ3v) is 5.27. The third kappa shape index (κ3) is 4.91. The van der Waals surface area contributed by atoms with Crippen LogP contribution in [-0.4, -0.2) is 25.6 Å². The van der Waals surface area contributed by atoms with Crippen molar-refractivity contribution in [1.29, 1.82) is 0 Å². The van der Waals surface area contributed by atoms with Gasteiger partial charge >= 0.3 is 12.4 Å². The first-order valence-electron chi connectivity index (χ1n) is 10.1. The number of aryl methyl sites for hydroxylation is 1. The molecule has 4 rings (SSSR count). The lowest BCUT2D eigenvalue weighted by atomic mass is 10.0. The SMILES string of the molecule is Cc1nc2c(C(=O)Nc3ccc(C(F)(F)F)cc3)cnn2c(O)c1Cc1cccc(C(F)(F)F)c1. The average Bonchev–Trinajstić information content (AvgIpc) is 3.20. The number of rotatable bonds is 4.